The van der Waals surface area contributed by atoms with E-state index in [0.29, 0.717) is 11.6 Å². The zero-order valence-corrected chi connectivity index (χ0v) is 11.3. The number of halogens is 3. The van der Waals surface area contributed by atoms with Gasteiger partial charge in [0.05, 0.1) is 19.3 Å². The Labute approximate surface area is 119 Å². The summed E-state index contributed by atoms with van der Waals surface area (Å²) in [7, 11) is 1.53. The molecule has 1 aromatic heterocycles. The summed E-state index contributed by atoms with van der Waals surface area (Å²) in [6, 6.07) is 6.56. The van der Waals surface area contributed by atoms with Crippen LogP contribution in [0.2, 0.25) is 0 Å². The molecule has 2 atom stereocenters. The van der Waals surface area contributed by atoms with Gasteiger partial charge in [-0.2, -0.15) is 18.3 Å². The molecule has 1 aliphatic heterocycles. The minimum absolute atomic E-state index is 0.106. The second-order valence-electron chi connectivity index (χ2n) is 4.93. The van der Waals surface area contributed by atoms with Gasteiger partial charge in [0.15, 0.2) is 6.04 Å². The molecule has 2 heterocycles. The first kappa shape index (κ1) is 13.8. The molecule has 0 radical (unpaired) electrons. The maximum absolute atomic E-state index is 13.2. The minimum atomic E-state index is -4.33. The Hall–Kier alpha value is -2.18. The lowest BCUT2D eigenvalue weighted by Crippen LogP contribution is -2.35. The van der Waals surface area contributed by atoms with Gasteiger partial charge in [-0.3, -0.25) is 0 Å². The molecule has 0 saturated carbocycles. The molecular weight excluding hydrogens is 283 g/mol. The molecular formula is C14H14F3N3O. The van der Waals surface area contributed by atoms with Crippen LogP contribution in [0.25, 0.3) is 0 Å². The lowest BCUT2D eigenvalue weighted by Gasteiger charge is -2.33. The summed E-state index contributed by atoms with van der Waals surface area (Å²) < 4.78 is 45.8. The molecule has 0 spiro atoms. The third-order valence-corrected chi connectivity index (χ3v) is 3.62. The summed E-state index contributed by atoms with van der Waals surface area (Å²) >= 11 is 0. The first-order valence-electron chi connectivity index (χ1n) is 6.50. The molecule has 0 unspecified atom stereocenters. The highest BCUT2D eigenvalue weighted by Crippen LogP contribution is 2.43. The molecule has 3 rings (SSSR count). The smallest absolute Gasteiger partial charge is 0.410 e. The number of rotatable bonds is 2. The van der Waals surface area contributed by atoms with Crippen molar-refractivity contribution in [3.05, 3.63) is 42.1 Å². The number of benzene rings is 1. The number of nitrogens with zero attached hydrogens (tertiary/aromatic N) is 2. The van der Waals surface area contributed by atoms with Crippen LogP contribution in [0.15, 0.2) is 36.5 Å². The fourth-order valence-electron chi connectivity index (χ4n) is 2.59. The van der Waals surface area contributed by atoms with E-state index in [-0.39, 0.29) is 6.42 Å². The van der Waals surface area contributed by atoms with Crippen molar-refractivity contribution in [1.82, 2.24) is 9.78 Å². The lowest BCUT2D eigenvalue weighted by molar-refractivity contribution is -0.173. The molecule has 0 aliphatic carbocycles. The molecule has 0 fully saturated rings. The number of alkyl halides is 3. The zero-order valence-electron chi connectivity index (χ0n) is 11.3. The van der Waals surface area contributed by atoms with E-state index in [4.69, 9.17) is 4.74 Å². The van der Waals surface area contributed by atoms with E-state index in [1.807, 2.05) is 0 Å². The molecule has 112 valence electrons. The van der Waals surface area contributed by atoms with E-state index in [1.54, 1.807) is 30.3 Å². The van der Waals surface area contributed by atoms with Crippen LogP contribution in [0.3, 0.4) is 0 Å². The van der Waals surface area contributed by atoms with E-state index in [9.17, 15) is 13.2 Å². The SMILES string of the molecule is COc1cccc([C@@H]2C[C@@H](C(F)(F)F)n3nccc3N2)c1. The summed E-state index contributed by atoms with van der Waals surface area (Å²) in [5.74, 6) is 0.994. The van der Waals surface area contributed by atoms with Gasteiger partial charge in [-0.15, -0.1) is 0 Å². The predicted octanol–water partition coefficient (Wildman–Crippen LogP) is 3.55. The number of aromatic nitrogens is 2. The Balaban J connectivity index is 1.96. The third kappa shape index (κ3) is 2.55. The average molecular weight is 297 g/mol. The van der Waals surface area contributed by atoms with Crippen LogP contribution >= 0.6 is 0 Å². The first-order chi connectivity index (χ1) is 9.99. The number of methoxy groups -OCH3 is 1. The van der Waals surface area contributed by atoms with Gasteiger partial charge in [-0.1, -0.05) is 12.1 Å². The van der Waals surface area contributed by atoms with E-state index in [2.05, 4.69) is 10.4 Å². The van der Waals surface area contributed by atoms with Crippen molar-refractivity contribution < 1.29 is 17.9 Å². The Kier molecular flexibility index (Phi) is 3.27. The van der Waals surface area contributed by atoms with Gasteiger partial charge in [0.2, 0.25) is 0 Å². The summed E-state index contributed by atoms with van der Waals surface area (Å²) in [6.45, 7) is 0. The van der Waals surface area contributed by atoms with Gasteiger partial charge in [-0.25, -0.2) is 4.68 Å². The van der Waals surface area contributed by atoms with Crippen molar-refractivity contribution in [2.45, 2.75) is 24.7 Å². The van der Waals surface area contributed by atoms with Crippen LogP contribution in [0.1, 0.15) is 24.1 Å². The van der Waals surface area contributed by atoms with Gasteiger partial charge in [0.25, 0.3) is 0 Å². The quantitative estimate of drug-likeness (QED) is 0.921. The zero-order chi connectivity index (χ0) is 15.0. The molecule has 1 aromatic carbocycles. The second kappa shape index (κ2) is 4.98. The summed E-state index contributed by atoms with van der Waals surface area (Å²) in [5.41, 5.74) is 0.760. The highest BCUT2D eigenvalue weighted by atomic mass is 19.4. The fourth-order valence-corrected chi connectivity index (χ4v) is 2.59. The topological polar surface area (TPSA) is 39.1 Å². The van der Waals surface area contributed by atoms with Crippen molar-refractivity contribution in [1.29, 1.82) is 0 Å². The molecule has 21 heavy (non-hydrogen) atoms. The summed E-state index contributed by atoms with van der Waals surface area (Å²) in [5, 5.41) is 6.87. The summed E-state index contributed by atoms with van der Waals surface area (Å²) in [6.07, 6.45) is -3.07. The second-order valence-corrected chi connectivity index (χ2v) is 4.93. The first-order valence-corrected chi connectivity index (χ1v) is 6.50. The van der Waals surface area contributed by atoms with Crippen LogP contribution in [-0.4, -0.2) is 23.1 Å². The van der Waals surface area contributed by atoms with Gasteiger partial charge < -0.3 is 10.1 Å². The largest absolute Gasteiger partial charge is 0.497 e. The maximum atomic E-state index is 13.2. The summed E-state index contributed by atoms with van der Waals surface area (Å²) in [4.78, 5) is 0. The van der Waals surface area contributed by atoms with Crippen LogP contribution in [-0.2, 0) is 0 Å². The highest BCUT2D eigenvalue weighted by molar-refractivity contribution is 5.43. The molecule has 0 bridgehead atoms. The van der Waals surface area contributed by atoms with Crippen LogP contribution < -0.4 is 10.1 Å². The van der Waals surface area contributed by atoms with Gasteiger partial charge in [0.1, 0.15) is 11.6 Å². The minimum Gasteiger partial charge on any atom is -0.497 e. The standard InChI is InChI=1S/C14H14F3N3O/c1-21-10-4-2-3-9(7-10)11-8-12(14(15,16)17)20-13(19-11)5-6-18-20/h2-7,11-12,19H,8H2,1H3/t11-,12-/m0/s1. The number of fused-ring (bicyclic) bond motifs is 1. The van der Waals surface area contributed by atoms with Crippen LogP contribution in [0.5, 0.6) is 5.75 Å². The van der Waals surface area contributed by atoms with Crippen molar-refractivity contribution in [3.63, 3.8) is 0 Å². The Morgan fingerprint density at radius 2 is 2.14 bits per heavy atom. The normalized spacial score (nSPS) is 21.5. The number of hydrogen-bond acceptors (Lipinski definition) is 3. The number of hydrogen-bond donors (Lipinski definition) is 1. The molecule has 4 nitrogen and oxygen atoms in total. The molecule has 2 aromatic rings. The van der Waals surface area contributed by atoms with Crippen molar-refractivity contribution in [3.8, 4) is 5.75 Å². The van der Waals surface area contributed by atoms with Gasteiger partial charge in [-0.05, 0) is 17.7 Å². The number of anilines is 1. The van der Waals surface area contributed by atoms with Crippen LogP contribution in [0.4, 0.5) is 19.0 Å². The van der Waals surface area contributed by atoms with Gasteiger partial charge >= 0.3 is 6.18 Å². The Bertz CT molecular complexity index is 638. The fraction of sp³-hybridized carbons (Fsp3) is 0.357. The van der Waals surface area contributed by atoms with Crippen molar-refractivity contribution in [2.24, 2.45) is 0 Å². The average Bonchev–Trinajstić information content (AvgIpc) is 2.93. The molecule has 7 heteroatoms. The third-order valence-electron chi connectivity index (χ3n) is 3.62. The Morgan fingerprint density at radius 1 is 1.33 bits per heavy atom. The maximum Gasteiger partial charge on any atom is 0.410 e. The monoisotopic (exact) mass is 297 g/mol. The molecule has 0 amide bonds. The lowest BCUT2D eigenvalue weighted by atomic mass is 9.97. The molecule has 1 N–H and O–H groups in total. The number of nitrogens with one attached hydrogen (secondary N) is 1. The van der Waals surface area contributed by atoms with Gasteiger partial charge in [0, 0.05) is 12.5 Å². The van der Waals surface area contributed by atoms with E-state index in [1.165, 1.54) is 13.3 Å². The van der Waals surface area contributed by atoms with Crippen molar-refractivity contribution in [2.75, 3.05) is 12.4 Å². The molecule has 0 saturated heterocycles. The van der Waals surface area contributed by atoms with E-state index >= 15 is 0 Å². The Morgan fingerprint density at radius 3 is 2.86 bits per heavy atom. The van der Waals surface area contributed by atoms with E-state index in [0.717, 1.165) is 10.2 Å². The molecule has 1 aliphatic rings. The van der Waals surface area contributed by atoms with Crippen molar-refractivity contribution >= 4 is 5.82 Å². The predicted molar refractivity (Wildman–Crippen MR) is 71.3 cm³/mol. The van der Waals surface area contributed by atoms with Crippen LogP contribution in [0, 0.1) is 0 Å². The highest BCUT2D eigenvalue weighted by Gasteiger charge is 2.46. The van der Waals surface area contributed by atoms with E-state index < -0.39 is 18.3 Å². The number of ether oxygens (including phenoxy) is 1.